The first kappa shape index (κ1) is 18.3. The predicted octanol–water partition coefficient (Wildman–Crippen LogP) is -3.64. The highest BCUT2D eigenvalue weighted by atomic mass is 27.3. The summed E-state index contributed by atoms with van der Waals surface area (Å²) in [5.41, 5.74) is 0. The number of carboxylic acid groups (broad SMARTS) is 1. The fraction of sp³-hybridized carbons (Fsp3) is 0.600. The number of carboxylic acids is 1. The van der Waals surface area contributed by atoms with E-state index in [-0.39, 0.29) is 38.9 Å². The highest BCUT2D eigenvalue weighted by Gasteiger charge is 2.50. The van der Waals surface area contributed by atoms with Crippen molar-refractivity contribution in [1.29, 1.82) is 0 Å². The largest absolute Gasteiger partial charge is 1.20 e. The van der Waals surface area contributed by atoms with Crippen LogP contribution in [0.5, 0.6) is 0 Å². The molecule has 0 aromatic heterocycles. The van der Waals surface area contributed by atoms with Crippen LogP contribution in [0.4, 0.5) is 0 Å². The van der Waals surface area contributed by atoms with Gasteiger partial charge in [-0.2, -0.15) is 0 Å². The molecule has 3 fully saturated rings. The van der Waals surface area contributed by atoms with Gasteiger partial charge in [0.15, 0.2) is 0 Å². The molecule has 11 nitrogen and oxygen atoms in total. The van der Waals surface area contributed by atoms with Crippen molar-refractivity contribution in [2.24, 2.45) is 0 Å². The van der Waals surface area contributed by atoms with Crippen molar-refractivity contribution in [2.45, 2.75) is 0 Å². The molecule has 0 aromatic carbocycles. The summed E-state index contributed by atoms with van der Waals surface area (Å²) in [6.45, 7) is -0.753. The number of quaternary nitrogens is 1. The van der Waals surface area contributed by atoms with E-state index in [0.29, 0.717) is 0 Å². The van der Waals surface area contributed by atoms with Crippen LogP contribution in [0.2, 0.25) is 0 Å². The monoisotopic (exact) mass is 333 g/mol. The van der Waals surface area contributed by atoms with Gasteiger partial charge < -0.3 is 27.4 Å². The molecule has 0 saturated carbocycles. The van der Waals surface area contributed by atoms with Crippen LogP contribution in [-0.4, -0.2) is 88.1 Å². The first-order chi connectivity index (χ1) is 9.92. The van der Waals surface area contributed by atoms with Gasteiger partial charge in [0, 0.05) is 19.6 Å². The Morgan fingerprint density at radius 2 is 1.50 bits per heavy atom. The van der Waals surface area contributed by atoms with Crippen LogP contribution < -0.4 is 11.3 Å². The highest BCUT2D eigenvalue weighted by Crippen LogP contribution is 2.06. The van der Waals surface area contributed by atoms with Crippen molar-refractivity contribution in [3.8, 4) is 0 Å². The summed E-state index contributed by atoms with van der Waals surface area (Å²) in [7, 11) is 0. The minimum absolute atomic E-state index is 0. The highest BCUT2D eigenvalue weighted by molar-refractivity contribution is 6.44. The van der Waals surface area contributed by atoms with E-state index in [9.17, 15) is 24.3 Å². The van der Waals surface area contributed by atoms with E-state index in [4.69, 9.17) is 11.4 Å². The van der Waals surface area contributed by atoms with Gasteiger partial charge in [0.25, 0.3) is 17.9 Å². The topological polar surface area (TPSA) is 162 Å². The third kappa shape index (κ3) is 5.59. The summed E-state index contributed by atoms with van der Waals surface area (Å²) in [6.07, 6.45) is 0. The Bertz CT molecular complexity index is 453. The van der Waals surface area contributed by atoms with Gasteiger partial charge in [-0.15, -0.1) is 0 Å². The maximum atomic E-state index is 11.7. The molecule has 0 unspecified atom stereocenters. The second-order valence-electron chi connectivity index (χ2n) is 4.55. The summed E-state index contributed by atoms with van der Waals surface area (Å²) < 4.78 is 14.5. The lowest BCUT2D eigenvalue weighted by Gasteiger charge is -2.26. The fourth-order valence-electron chi connectivity index (χ4n) is 1.95. The number of hydrogen-bond donors (Lipinski definition) is 1. The van der Waals surface area contributed by atoms with Crippen LogP contribution in [0, 0.1) is 0 Å². The number of hydrogen-bond acceptors (Lipinski definition) is 10. The molecule has 12 heteroatoms. The number of fused-ring (bicyclic) bond motifs is 9. The maximum Gasteiger partial charge on any atom is 1.20 e. The van der Waals surface area contributed by atoms with Crippen molar-refractivity contribution in [3.63, 3.8) is 0 Å². The lowest BCUT2D eigenvalue weighted by Crippen LogP contribution is -2.46. The van der Waals surface area contributed by atoms with Gasteiger partial charge in [-0.25, -0.2) is 0 Å². The number of aliphatic carboxylic acids is 1. The van der Waals surface area contributed by atoms with Crippen LogP contribution in [0.1, 0.15) is 0 Å². The summed E-state index contributed by atoms with van der Waals surface area (Å²) in [5, 5.41) is 10.7. The van der Waals surface area contributed by atoms with Crippen LogP contribution in [0.25, 0.3) is 0 Å². The second-order valence-corrected chi connectivity index (χ2v) is 5.84. The average molecular weight is 333 g/mol. The van der Waals surface area contributed by atoms with Crippen LogP contribution in [-0.2, 0) is 30.5 Å². The molecule has 22 heavy (non-hydrogen) atoms. The summed E-state index contributed by atoms with van der Waals surface area (Å²) in [6, 6.07) is 0. The van der Waals surface area contributed by atoms with E-state index in [1.54, 1.807) is 0 Å². The number of carbonyl (C=O) groups excluding carboxylic acids is 4. The third-order valence-electron chi connectivity index (χ3n) is 2.83. The molecule has 0 atom stereocenters. The number of nitrogens with zero attached hydrogens (tertiary/aromatic N) is 2. The smallest absolute Gasteiger partial charge is 0.550 e. The van der Waals surface area contributed by atoms with Gasteiger partial charge in [0.05, 0.1) is 25.6 Å². The van der Waals surface area contributed by atoms with Gasteiger partial charge in [-0.05, 0) is 0 Å². The van der Waals surface area contributed by atoms with Crippen molar-refractivity contribution in [1.82, 2.24) is 16.0 Å². The number of rotatable bonds is 2. The maximum absolute atomic E-state index is 11.7. The van der Waals surface area contributed by atoms with Crippen molar-refractivity contribution >= 4 is 39.0 Å². The van der Waals surface area contributed by atoms with E-state index in [2.05, 4.69) is 0 Å². The second kappa shape index (κ2) is 8.06. The van der Waals surface area contributed by atoms with Crippen molar-refractivity contribution in [2.75, 3.05) is 39.3 Å². The van der Waals surface area contributed by atoms with Gasteiger partial charge >= 0.3 is 15.1 Å². The van der Waals surface area contributed by atoms with Crippen LogP contribution >= 0.6 is 0 Å². The molecular weight excluding hydrogens is 317 g/mol. The zero-order valence-corrected chi connectivity index (χ0v) is 13.1. The molecule has 3 heterocycles. The molecule has 2 bridgehead atoms. The Kier molecular flexibility index (Phi) is 6.72. The standard InChI is InChI=1S/C10H16N2O8.Al.H3N/c13-7(14)3-11(4-8(15)16)1-2-12(5-9(17)18)6-10(19)20;;/h1-6H2,(H,13,14)(H,15,16)(H,17,18)(H,19,20);;1H3/q;+3;/p-3. The van der Waals surface area contributed by atoms with Crippen LogP contribution in [0.3, 0.4) is 0 Å². The molecule has 122 valence electrons. The molecule has 3 aliphatic heterocycles. The van der Waals surface area contributed by atoms with E-state index in [1.165, 1.54) is 9.80 Å². The first-order valence-corrected chi connectivity index (χ1v) is 7.57. The zero-order chi connectivity index (χ0) is 15.4. The summed E-state index contributed by atoms with van der Waals surface area (Å²) >= 11 is -3.23. The molecule has 4 N–H and O–H groups in total. The SMILES string of the molecule is O=C([O-])CN1CCN2CC(=O)[O][Al]([O]C(=O)C1)[O]C(=O)C2.[NH4+]. The lowest BCUT2D eigenvalue weighted by atomic mass is 10.4. The Morgan fingerprint density at radius 1 is 1.00 bits per heavy atom. The molecule has 0 radical (unpaired) electrons. The van der Waals surface area contributed by atoms with Crippen molar-refractivity contribution < 1.29 is 35.7 Å². The van der Waals surface area contributed by atoms with Gasteiger partial charge in [0.1, 0.15) is 0 Å². The van der Waals surface area contributed by atoms with E-state index >= 15 is 0 Å². The predicted molar refractivity (Wildman–Crippen MR) is 67.9 cm³/mol. The molecule has 0 amide bonds. The number of carbonyl (C=O) groups is 4. The van der Waals surface area contributed by atoms with E-state index < -0.39 is 45.6 Å². The van der Waals surface area contributed by atoms with Gasteiger partial charge in [-0.1, -0.05) is 0 Å². The third-order valence-corrected chi connectivity index (χ3v) is 4.19. The molecular formula is C10H16AlN3O8. The quantitative estimate of drug-likeness (QED) is 0.499. The van der Waals surface area contributed by atoms with E-state index in [1.807, 2.05) is 0 Å². The molecule has 3 saturated heterocycles. The molecule has 0 spiro atoms. The Balaban J connectivity index is 0.00000242. The molecule has 3 rings (SSSR count). The molecule has 0 aliphatic carbocycles. The van der Waals surface area contributed by atoms with Gasteiger partial charge in [0.2, 0.25) is 0 Å². The van der Waals surface area contributed by atoms with Crippen molar-refractivity contribution in [3.05, 3.63) is 0 Å². The Labute approximate surface area is 130 Å². The first-order valence-electron chi connectivity index (χ1n) is 6.15. The Hall–Kier alpha value is -1.71. The Morgan fingerprint density at radius 3 is 2.00 bits per heavy atom. The lowest BCUT2D eigenvalue weighted by molar-refractivity contribution is -0.306. The van der Waals surface area contributed by atoms with Gasteiger partial charge in [-0.3, -0.25) is 24.2 Å². The molecule has 0 aromatic rings. The zero-order valence-electron chi connectivity index (χ0n) is 12.0. The van der Waals surface area contributed by atoms with Crippen LogP contribution in [0.15, 0.2) is 0 Å². The molecule has 3 aliphatic rings. The minimum Gasteiger partial charge on any atom is -0.550 e. The summed E-state index contributed by atoms with van der Waals surface area (Å²) in [4.78, 5) is 48.2. The van der Waals surface area contributed by atoms with E-state index in [0.717, 1.165) is 0 Å². The normalized spacial score (nSPS) is 20.9. The fourth-order valence-corrected chi connectivity index (χ4v) is 2.96. The summed E-state index contributed by atoms with van der Waals surface area (Å²) in [5.74, 6) is -3.46. The minimum atomic E-state index is -3.23. The average Bonchev–Trinajstić information content (AvgIpc) is 2.35.